The topological polar surface area (TPSA) is 80.5 Å². The summed E-state index contributed by atoms with van der Waals surface area (Å²) in [5.41, 5.74) is 3.91. The highest BCUT2D eigenvalue weighted by molar-refractivity contribution is 7.71. The molecule has 2 aromatic carbocycles. The van der Waals surface area contributed by atoms with Gasteiger partial charge in [0.1, 0.15) is 0 Å². The SMILES string of the molecule is Cc1ccc(-c2n[nH]c(=S)n2CCC(=O)Nc2ccccc2Cn2cccn2)cc1. The molecule has 0 aliphatic carbocycles. The molecule has 0 aliphatic heterocycles. The van der Waals surface area contributed by atoms with E-state index >= 15 is 0 Å². The van der Waals surface area contributed by atoms with E-state index in [2.05, 4.69) is 20.6 Å². The van der Waals surface area contributed by atoms with Crippen LogP contribution in [0.3, 0.4) is 0 Å². The number of nitrogens with one attached hydrogen (secondary N) is 2. The third kappa shape index (κ3) is 4.55. The van der Waals surface area contributed by atoms with Crippen molar-refractivity contribution in [1.82, 2.24) is 24.5 Å². The number of amides is 1. The van der Waals surface area contributed by atoms with E-state index in [0.29, 0.717) is 17.9 Å². The summed E-state index contributed by atoms with van der Waals surface area (Å²) in [7, 11) is 0. The minimum atomic E-state index is -0.0825. The van der Waals surface area contributed by atoms with Crippen LogP contribution < -0.4 is 5.32 Å². The smallest absolute Gasteiger partial charge is 0.226 e. The van der Waals surface area contributed by atoms with Crippen LogP contribution in [0, 0.1) is 11.7 Å². The average Bonchev–Trinajstić information content (AvgIpc) is 3.38. The highest BCUT2D eigenvalue weighted by Gasteiger charge is 2.12. The maximum absolute atomic E-state index is 12.7. The Labute approximate surface area is 179 Å². The fourth-order valence-corrected chi connectivity index (χ4v) is 3.45. The summed E-state index contributed by atoms with van der Waals surface area (Å²) in [5.74, 6) is 0.646. The number of carbonyl (C=O) groups is 1. The third-order valence-corrected chi connectivity index (χ3v) is 5.13. The number of aromatic nitrogens is 5. The van der Waals surface area contributed by atoms with Crippen molar-refractivity contribution in [2.45, 2.75) is 26.4 Å². The molecule has 1 amide bonds. The second kappa shape index (κ2) is 8.87. The van der Waals surface area contributed by atoms with Gasteiger partial charge in [-0.15, -0.1) is 0 Å². The number of para-hydroxylation sites is 1. The third-order valence-electron chi connectivity index (χ3n) is 4.81. The minimum absolute atomic E-state index is 0.0825. The van der Waals surface area contributed by atoms with Gasteiger partial charge in [0.25, 0.3) is 0 Å². The molecule has 0 spiro atoms. The van der Waals surface area contributed by atoms with Crippen molar-refractivity contribution in [3.63, 3.8) is 0 Å². The normalized spacial score (nSPS) is 10.8. The zero-order valence-corrected chi connectivity index (χ0v) is 17.4. The highest BCUT2D eigenvalue weighted by atomic mass is 32.1. The quantitative estimate of drug-likeness (QED) is 0.441. The standard InChI is InChI=1S/C22H22N6OS/c1-16-7-9-17(10-8-16)21-25-26-22(30)28(21)14-11-20(29)24-19-6-3-2-5-18(19)15-27-13-4-12-23-27/h2-10,12-13H,11,14-15H2,1H3,(H,24,29)(H,26,30). The number of aryl methyl sites for hydroxylation is 1. The molecule has 8 heteroatoms. The monoisotopic (exact) mass is 418 g/mol. The van der Waals surface area contributed by atoms with Crippen molar-refractivity contribution in [3.05, 3.63) is 82.9 Å². The van der Waals surface area contributed by atoms with E-state index in [4.69, 9.17) is 12.2 Å². The molecule has 2 N–H and O–H groups in total. The molecule has 0 unspecified atom stereocenters. The Morgan fingerprint density at radius 1 is 1.13 bits per heavy atom. The van der Waals surface area contributed by atoms with Crippen molar-refractivity contribution >= 4 is 23.8 Å². The molecule has 2 aromatic heterocycles. The zero-order chi connectivity index (χ0) is 20.9. The van der Waals surface area contributed by atoms with Crippen LogP contribution in [0.25, 0.3) is 11.4 Å². The van der Waals surface area contributed by atoms with Gasteiger partial charge in [-0.05, 0) is 36.8 Å². The van der Waals surface area contributed by atoms with Crippen LogP contribution in [0.1, 0.15) is 17.5 Å². The number of H-pyrrole nitrogens is 1. The lowest BCUT2D eigenvalue weighted by Crippen LogP contribution is -2.16. The number of carbonyl (C=O) groups excluding carboxylic acids is 1. The molecule has 30 heavy (non-hydrogen) atoms. The number of nitrogens with zero attached hydrogens (tertiary/aromatic N) is 4. The van der Waals surface area contributed by atoms with E-state index in [9.17, 15) is 4.79 Å². The minimum Gasteiger partial charge on any atom is -0.326 e. The van der Waals surface area contributed by atoms with Gasteiger partial charge in [0.15, 0.2) is 10.6 Å². The Bertz CT molecular complexity index is 1190. The van der Waals surface area contributed by atoms with Crippen molar-refractivity contribution in [2.75, 3.05) is 5.32 Å². The van der Waals surface area contributed by atoms with Crippen molar-refractivity contribution < 1.29 is 4.79 Å². The van der Waals surface area contributed by atoms with E-state index in [0.717, 1.165) is 22.6 Å². The lowest BCUT2D eigenvalue weighted by atomic mass is 10.1. The van der Waals surface area contributed by atoms with Gasteiger partial charge in [-0.25, -0.2) is 0 Å². The predicted molar refractivity (Wildman–Crippen MR) is 119 cm³/mol. The van der Waals surface area contributed by atoms with E-state index in [-0.39, 0.29) is 12.3 Å². The number of hydrogen-bond acceptors (Lipinski definition) is 4. The Morgan fingerprint density at radius 2 is 1.93 bits per heavy atom. The maximum Gasteiger partial charge on any atom is 0.226 e. The first kappa shape index (κ1) is 19.8. The van der Waals surface area contributed by atoms with Gasteiger partial charge < -0.3 is 5.32 Å². The number of rotatable bonds is 7. The van der Waals surface area contributed by atoms with E-state index in [1.165, 1.54) is 5.56 Å². The molecule has 7 nitrogen and oxygen atoms in total. The van der Waals surface area contributed by atoms with Gasteiger partial charge >= 0.3 is 0 Å². The van der Waals surface area contributed by atoms with E-state index in [1.807, 2.05) is 77.0 Å². The summed E-state index contributed by atoms with van der Waals surface area (Å²) in [6, 6.07) is 17.7. The van der Waals surface area contributed by atoms with Crippen LogP contribution in [0.4, 0.5) is 5.69 Å². The predicted octanol–water partition coefficient (Wildman–Crippen LogP) is 4.19. The number of aromatic amines is 1. The van der Waals surface area contributed by atoms with Crippen molar-refractivity contribution in [3.8, 4) is 11.4 Å². The molecule has 0 saturated carbocycles. The van der Waals surface area contributed by atoms with Crippen molar-refractivity contribution in [2.24, 2.45) is 0 Å². The maximum atomic E-state index is 12.7. The van der Waals surface area contributed by atoms with Crippen LogP contribution in [0.2, 0.25) is 0 Å². The van der Waals surface area contributed by atoms with Crippen LogP contribution in [-0.4, -0.2) is 30.5 Å². The van der Waals surface area contributed by atoms with Crippen LogP contribution in [0.5, 0.6) is 0 Å². The summed E-state index contributed by atoms with van der Waals surface area (Å²) in [4.78, 5) is 12.7. The Hall–Kier alpha value is -3.52. The molecule has 4 rings (SSSR count). The van der Waals surface area contributed by atoms with E-state index in [1.54, 1.807) is 6.20 Å². The second-order valence-corrected chi connectivity index (χ2v) is 7.42. The molecular weight excluding hydrogens is 396 g/mol. The van der Waals surface area contributed by atoms with Crippen LogP contribution in [-0.2, 0) is 17.9 Å². The van der Waals surface area contributed by atoms with Gasteiger partial charge in [0, 0.05) is 36.6 Å². The molecule has 0 fully saturated rings. The largest absolute Gasteiger partial charge is 0.326 e. The number of anilines is 1. The van der Waals surface area contributed by atoms with Gasteiger partial charge in [-0.1, -0.05) is 48.0 Å². The molecule has 0 radical (unpaired) electrons. The van der Waals surface area contributed by atoms with Crippen molar-refractivity contribution in [1.29, 1.82) is 0 Å². The Balaban J connectivity index is 1.45. The lowest BCUT2D eigenvalue weighted by molar-refractivity contribution is -0.116. The van der Waals surface area contributed by atoms with Gasteiger partial charge in [-0.3, -0.25) is 19.1 Å². The molecule has 152 valence electrons. The molecule has 0 saturated heterocycles. The molecule has 0 aliphatic rings. The first-order valence-electron chi connectivity index (χ1n) is 9.67. The fourth-order valence-electron chi connectivity index (χ4n) is 3.22. The summed E-state index contributed by atoms with van der Waals surface area (Å²) < 4.78 is 4.18. The summed E-state index contributed by atoms with van der Waals surface area (Å²) in [6.45, 7) is 3.06. The van der Waals surface area contributed by atoms with Crippen LogP contribution >= 0.6 is 12.2 Å². The first-order valence-corrected chi connectivity index (χ1v) is 10.1. The van der Waals surface area contributed by atoms with E-state index < -0.39 is 0 Å². The first-order chi connectivity index (χ1) is 14.6. The highest BCUT2D eigenvalue weighted by Crippen LogP contribution is 2.19. The molecule has 4 aromatic rings. The molecule has 0 atom stereocenters. The Kier molecular flexibility index (Phi) is 5.85. The second-order valence-electron chi connectivity index (χ2n) is 7.03. The van der Waals surface area contributed by atoms with Gasteiger partial charge in [0.2, 0.25) is 5.91 Å². The number of hydrogen-bond donors (Lipinski definition) is 2. The fraction of sp³-hybridized carbons (Fsp3) is 0.182. The average molecular weight is 419 g/mol. The Morgan fingerprint density at radius 3 is 2.70 bits per heavy atom. The van der Waals surface area contributed by atoms with Crippen LogP contribution in [0.15, 0.2) is 67.0 Å². The van der Waals surface area contributed by atoms with Gasteiger partial charge in [0.05, 0.1) is 6.54 Å². The summed E-state index contributed by atoms with van der Waals surface area (Å²) in [5, 5.41) is 14.4. The number of benzene rings is 2. The zero-order valence-electron chi connectivity index (χ0n) is 16.6. The molecule has 2 heterocycles. The summed E-state index contributed by atoms with van der Waals surface area (Å²) >= 11 is 5.37. The molecular formula is C22H22N6OS. The summed E-state index contributed by atoms with van der Waals surface area (Å²) in [6.07, 6.45) is 3.91. The molecule has 0 bridgehead atoms. The van der Waals surface area contributed by atoms with Gasteiger partial charge in [-0.2, -0.15) is 10.2 Å². The lowest BCUT2D eigenvalue weighted by Gasteiger charge is -2.12.